The number of aliphatic imine (C=N–C) groups is 1. The number of benzene rings is 1. The fourth-order valence-electron chi connectivity index (χ4n) is 2.39. The van der Waals surface area contributed by atoms with E-state index >= 15 is 0 Å². The fourth-order valence-corrected chi connectivity index (χ4v) is 2.39. The molecule has 0 bridgehead atoms. The van der Waals surface area contributed by atoms with Crippen LogP contribution >= 0.6 is 24.0 Å². The van der Waals surface area contributed by atoms with E-state index in [4.69, 9.17) is 4.42 Å². The third-order valence-electron chi connectivity index (χ3n) is 3.53. The van der Waals surface area contributed by atoms with Crippen LogP contribution in [0.5, 0.6) is 5.75 Å². The molecular weight excluding hydrogens is 455 g/mol. The molecule has 2 N–H and O–H groups in total. The summed E-state index contributed by atoms with van der Waals surface area (Å²) in [6.07, 6.45) is 0. The number of furan rings is 1. The normalized spacial score (nSPS) is 11.2. The van der Waals surface area contributed by atoms with Crippen LogP contribution in [0.2, 0.25) is 0 Å². The first kappa shape index (κ1) is 22.2. The summed E-state index contributed by atoms with van der Waals surface area (Å²) in [6.45, 7) is 4.37. The van der Waals surface area contributed by atoms with E-state index in [1.54, 1.807) is 18.2 Å². The van der Waals surface area contributed by atoms with E-state index in [9.17, 15) is 8.78 Å². The van der Waals surface area contributed by atoms with E-state index in [0.717, 1.165) is 17.1 Å². The van der Waals surface area contributed by atoms with Crippen molar-refractivity contribution >= 4 is 29.9 Å². The number of halogens is 3. The largest absolute Gasteiger partial charge is 0.466 e. The van der Waals surface area contributed by atoms with Crippen LogP contribution in [0.4, 0.5) is 8.78 Å². The Morgan fingerprint density at radius 1 is 1.19 bits per heavy atom. The number of para-hydroxylation sites is 1. The van der Waals surface area contributed by atoms with Gasteiger partial charge in [-0.05, 0) is 32.9 Å². The molecule has 0 saturated carbocycles. The second kappa shape index (κ2) is 11.0. The minimum absolute atomic E-state index is 0. The summed E-state index contributed by atoms with van der Waals surface area (Å²) >= 11 is 0. The molecule has 1 aromatic carbocycles. The Morgan fingerprint density at radius 2 is 1.92 bits per heavy atom. The Hall–Kier alpha value is -1.84. The van der Waals surface area contributed by atoms with Gasteiger partial charge in [-0.25, -0.2) is 4.99 Å². The summed E-state index contributed by atoms with van der Waals surface area (Å²) in [7, 11) is 0. The number of nitrogens with zero attached hydrogens (tertiary/aromatic N) is 1. The summed E-state index contributed by atoms with van der Waals surface area (Å²) in [5, 5.41) is 6.26. The molecule has 0 amide bonds. The number of ether oxygens (including phenoxy) is 1. The van der Waals surface area contributed by atoms with Gasteiger partial charge in [0.25, 0.3) is 0 Å². The molecule has 0 atom stereocenters. The van der Waals surface area contributed by atoms with Crippen LogP contribution in [0.3, 0.4) is 0 Å². The van der Waals surface area contributed by atoms with Crippen molar-refractivity contribution in [3.8, 4) is 5.75 Å². The van der Waals surface area contributed by atoms with Crippen molar-refractivity contribution in [3.63, 3.8) is 0 Å². The van der Waals surface area contributed by atoms with Gasteiger partial charge >= 0.3 is 6.61 Å². The highest BCUT2D eigenvalue weighted by molar-refractivity contribution is 14.0. The summed E-state index contributed by atoms with van der Waals surface area (Å²) in [4.78, 5) is 4.51. The van der Waals surface area contributed by atoms with Gasteiger partial charge in [-0.2, -0.15) is 8.78 Å². The molecule has 0 spiro atoms. The molecule has 8 heteroatoms. The number of hydrogen-bond donors (Lipinski definition) is 2. The topological polar surface area (TPSA) is 58.8 Å². The summed E-state index contributed by atoms with van der Waals surface area (Å²) in [5.74, 6) is 2.43. The highest BCUT2D eigenvalue weighted by Gasteiger charge is 2.10. The number of nitrogens with one attached hydrogen (secondary N) is 2. The van der Waals surface area contributed by atoms with Gasteiger partial charge in [0.2, 0.25) is 0 Å². The lowest BCUT2D eigenvalue weighted by molar-refractivity contribution is -0.0504. The average Bonchev–Trinajstić information content (AvgIpc) is 2.88. The van der Waals surface area contributed by atoms with Gasteiger partial charge in [0.1, 0.15) is 17.3 Å². The molecule has 2 aromatic rings. The van der Waals surface area contributed by atoms with Crippen molar-refractivity contribution in [1.29, 1.82) is 0 Å². The second-order valence-corrected chi connectivity index (χ2v) is 5.47. The van der Waals surface area contributed by atoms with Crippen molar-refractivity contribution in [2.45, 2.75) is 40.5 Å². The maximum atomic E-state index is 12.5. The molecule has 2 rings (SSSR count). The minimum atomic E-state index is -2.85. The highest BCUT2D eigenvalue weighted by atomic mass is 127. The summed E-state index contributed by atoms with van der Waals surface area (Å²) in [5.41, 5.74) is 1.64. The van der Waals surface area contributed by atoms with Gasteiger partial charge in [-0.15, -0.1) is 24.0 Å². The quantitative estimate of drug-likeness (QED) is 0.352. The van der Waals surface area contributed by atoms with E-state index in [1.165, 1.54) is 6.07 Å². The molecule has 1 heterocycles. The lowest BCUT2D eigenvalue weighted by Crippen LogP contribution is -2.36. The Kier molecular flexibility index (Phi) is 9.39. The predicted octanol–water partition coefficient (Wildman–Crippen LogP) is 4.37. The summed E-state index contributed by atoms with van der Waals surface area (Å²) in [6, 6.07) is 8.64. The van der Waals surface area contributed by atoms with Crippen molar-refractivity contribution in [3.05, 3.63) is 53.0 Å². The number of aryl methyl sites for hydroxylation is 2. The van der Waals surface area contributed by atoms with Gasteiger partial charge in [-0.3, -0.25) is 0 Å². The van der Waals surface area contributed by atoms with Crippen LogP contribution in [-0.4, -0.2) is 19.1 Å². The van der Waals surface area contributed by atoms with Gasteiger partial charge in [0.05, 0.1) is 6.54 Å². The Balaban J connectivity index is 0.00000338. The molecule has 0 fully saturated rings. The van der Waals surface area contributed by atoms with E-state index in [2.05, 4.69) is 20.4 Å². The van der Waals surface area contributed by atoms with E-state index in [0.29, 0.717) is 31.2 Å². The molecule has 0 aliphatic carbocycles. The van der Waals surface area contributed by atoms with Gasteiger partial charge < -0.3 is 19.8 Å². The highest BCUT2D eigenvalue weighted by Crippen LogP contribution is 2.20. The fraction of sp³-hybridized carbons (Fsp3) is 0.389. The third kappa shape index (κ3) is 6.81. The molecule has 0 radical (unpaired) electrons. The van der Waals surface area contributed by atoms with Crippen molar-refractivity contribution < 1.29 is 17.9 Å². The first-order valence-electron chi connectivity index (χ1n) is 8.10. The minimum Gasteiger partial charge on any atom is -0.466 e. The summed E-state index contributed by atoms with van der Waals surface area (Å²) < 4.78 is 35.0. The zero-order valence-corrected chi connectivity index (χ0v) is 17.3. The van der Waals surface area contributed by atoms with Crippen LogP contribution in [-0.2, 0) is 13.1 Å². The number of hydrogen-bond acceptors (Lipinski definition) is 3. The van der Waals surface area contributed by atoms with Crippen LogP contribution in [0.1, 0.15) is 29.6 Å². The number of guanidine groups is 1. The maximum absolute atomic E-state index is 12.5. The van der Waals surface area contributed by atoms with Crippen LogP contribution in [0, 0.1) is 13.8 Å². The van der Waals surface area contributed by atoms with Gasteiger partial charge in [-0.1, -0.05) is 18.2 Å². The number of alkyl halides is 2. The predicted molar refractivity (Wildman–Crippen MR) is 108 cm³/mol. The third-order valence-corrected chi connectivity index (χ3v) is 3.53. The van der Waals surface area contributed by atoms with E-state index in [1.807, 2.05) is 26.8 Å². The second-order valence-electron chi connectivity index (χ2n) is 5.47. The molecule has 5 nitrogen and oxygen atoms in total. The monoisotopic (exact) mass is 479 g/mol. The smallest absolute Gasteiger partial charge is 0.387 e. The number of rotatable bonds is 7. The Morgan fingerprint density at radius 3 is 2.54 bits per heavy atom. The molecule has 144 valence electrons. The SMILES string of the molecule is CCNC(=NCc1cc(C)oc1C)NCc1ccccc1OC(F)F.I. The lowest BCUT2D eigenvalue weighted by atomic mass is 10.2. The van der Waals surface area contributed by atoms with Crippen LogP contribution in [0.15, 0.2) is 39.7 Å². The molecule has 0 saturated heterocycles. The zero-order valence-electron chi connectivity index (χ0n) is 15.0. The molecule has 0 aliphatic rings. The molecule has 26 heavy (non-hydrogen) atoms. The van der Waals surface area contributed by atoms with E-state index < -0.39 is 6.61 Å². The van der Waals surface area contributed by atoms with Gasteiger partial charge in [0.15, 0.2) is 5.96 Å². The van der Waals surface area contributed by atoms with Crippen LogP contribution < -0.4 is 15.4 Å². The Labute approximate surface area is 169 Å². The standard InChI is InChI=1S/C18H23F2N3O2.HI/c1-4-21-18(23-11-15-9-12(2)24-13(15)3)22-10-14-7-5-6-8-16(14)25-17(19)20;/h5-9,17H,4,10-11H2,1-3H3,(H2,21,22,23);1H. The van der Waals surface area contributed by atoms with Crippen molar-refractivity contribution in [2.24, 2.45) is 4.99 Å². The first-order valence-corrected chi connectivity index (χ1v) is 8.10. The average molecular weight is 479 g/mol. The molecule has 0 aliphatic heterocycles. The lowest BCUT2D eigenvalue weighted by Gasteiger charge is -2.14. The van der Waals surface area contributed by atoms with E-state index in [-0.39, 0.29) is 29.7 Å². The molecular formula is C18H24F2IN3O2. The van der Waals surface area contributed by atoms with Crippen molar-refractivity contribution in [2.75, 3.05) is 6.54 Å². The maximum Gasteiger partial charge on any atom is 0.387 e. The molecule has 0 unspecified atom stereocenters. The molecule has 1 aromatic heterocycles. The first-order chi connectivity index (χ1) is 12.0. The van der Waals surface area contributed by atoms with Crippen LogP contribution in [0.25, 0.3) is 0 Å². The van der Waals surface area contributed by atoms with Gasteiger partial charge in [0, 0.05) is 24.2 Å². The Bertz CT molecular complexity index is 720. The zero-order chi connectivity index (χ0) is 18.2. The van der Waals surface area contributed by atoms with Crippen molar-refractivity contribution in [1.82, 2.24) is 10.6 Å².